The third kappa shape index (κ3) is 2.73. The Morgan fingerprint density at radius 1 is 1.14 bits per heavy atom. The van der Waals surface area contributed by atoms with Crippen LogP contribution in [0.25, 0.3) is 10.9 Å². The smallest absolute Gasteiger partial charge is 0.123 e. The van der Waals surface area contributed by atoms with Crippen molar-refractivity contribution in [1.82, 2.24) is 9.97 Å². The highest BCUT2D eigenvalue weighted by atomic mass is 32.2. The summed E-state index contributed by atoms with van der Waals surface area (Å²) in [4.78, 5) is 9.56. The Kier molecular flexibility index (Phi) is 3.58. The molecule has 0 aliphatic heterocycles. The molecule has 21 heavy (non-hydrogen) atoms. The minimum absolute atomic E-state index is 0.0690. The van der Waals surface area contributed by atoms with E-state index in [1.807, 2.05) is 49.4 Å². The van der Waals surface area contributed by atoms with Gasteiger partial charge in [0, 0.05) is 15.8 Å². The molecule has 0 atom stereocenters. The molecule has 0 saturated heterocycles. The Labute approximate surface area is 126 Å². The maximum absolute atomic E-state index is 7.73. The van der Waals surface area contributed by atoms with E-state index in [1.54, 1.807) is 6.33 Å². The van der Waals surface area contributed by atoms with Gasteiger partial charge in [-0.1, -0.05) is 41.6 Å². The third-order valence-corrected chi connectivity index (χ3v) is 4.23. The maximum Gasteiger partial charge on any atom is 0.123 e. The van der Waals surface area contributed by atoms with Crippen LogP contribution in [0, 0.1) is 12.3 Å². The van der Waals surface area contributed by atoms with Crippen LogP contribution in [0.3, 0.4) is 0 Å². The van der Waals surface area contributed by atoms with Gasteiger partial charge in [-0.2, -0.15) is 0 Å². The fourth-order valence-electron chi connectivity index (χ4n) is 2.11. The third-order valence-electron chi connectivity index (χ3n) is 3.14. The molecule has 1 heterocycles. The predicted molar refractivity (Wildman–Crippen MR) is 85.9 cm³/mol. The molecule has 0 radical (unpaired) electrons. The minimum atomic E-state index is 0.0690. The Bertz CT molecular complexity index is 824. The second-order valence-electron chi connectivity index (χ2n) is 4.71. The van der Waals surface area contributed by atoms with Crippen LogP contribution in [0.15, 0.2) is 58.7 Å². The number of fused-ring (bicyclic) bond motifs is 1. The van der Waals surface area contributed by atoms with Crippen LogP contribution in [0.5, 0.6) is 0 Å². The van der Waals surface area contributed by atoms with Crippen LogP contribution in [-0.4, -0.2) is 15.8 Å². The highest BCUT2D eigenvalue weighted by Gasteiger charge is 2.10. The molecule has 0 spiro atoms. The van der Waals surface area contributed by atoms with Gasteiger partial charge in [0.1, 0.15) is 17.2 Å². The van der Waals surface area contributed by atoms with Gasteiger partial charge in [0.2, 0.25) is 0 Å². The number of nitrogens with two attached hydrogens (primary N) is 1. The summed E-state index contributed by atoms with van der Waals surface area (Å²) in [5, 5.41) is 9.60. The van der Waals surface area contributed by atoms with Crippen molar-refractivity contribution < 1.29 is 0 Å². The number of hydrogen-bond donors (Lipinski definition) is 2. The number of benzene rings is 2. The molecule has 0 amide bonds. The number of hydrogen-bond acceptors (Lipinski definition) is 4. The van der Waals surface area contributed by atoms with Gasteiger partial charge in [0.05, 0.1) is 5.52 Å². The van der Waals surface area contributed by atoms with Crippen LogP contribution in [0.4, 0.5) is 0 Å². The Hall–Kier alpha value is -2.40. The lowest BCUT2D eigenvalue weighted by atomic mass is 10.1. The van der Waals surface area contributed by atoms with Gasteiger partial charge in [-0.3, -0.25) is 5.41 Å². The van der Waals surface area contributed by atoms with Crippen molar-refractivity contribution in [3.8, 4) is 0 Å². The van der Waals surface area contributed by atoms with Crippen molar-refractivity contribution in [1.29, 1.82) is 5.41 Å². The van der Waals surface area contributed by atoms with E-state index >= 15 is 0 Å². The van der Waals surface area contributed by atoms with Crippen molar-refractivity contribution in [3.05, 3.63) is 59.9 Å². The quantitative estimate of drug-likeness (QED) is 0.441. The molecule has 5 heteroatoms. The highest BCUT2D eigenvalue weighted by Crippen LogP contribution is 2.33. The van der Waals surface area contributed by atoms with Crippen LogP contribution in [0.1, 0.15) is 11.1 Å². The van der Waals surface area contributed by atoms with E-state index < -0.39 is 0 Å². The topological polar surface area (TPSA) is 75.7 Å². The van der Waals surface area contributed by atoms with Crippen LogP contribution >= 0.6 is 11.8 Å². The van der Waals surface area contributed by atoms with E-state index in [-0.39, 0.29) is 5.84 Å². The first-order valence-electron chi connectivity index (χ1n) is 6.48. The number of aromatic nitrogens is 2. The average Bonchev–Trinajstić information content (AvgIpc) is 2.49. The fourth-order valence-corrected chi connectivity index (χ4v) is 3.11. The second kappa shape index (κ2) is 5.54. The van der Waals surface area contributed by atoms with Crippen molar-refractivity contribution >= 4 is 28.5 Å². The molecule has 3 aromatic rings. The zero-order valence-electron chi connectivity index (χ0n) is 11.5. The van der Waals surface area contributed by atoms with Gasteiger partial charge in [-0.05, 0) is 25.1 Å². The number of nitrogens with zero attached hydrogens (tertiary/aromatic N) is 2. The molecule has 0 aliphatic rings. The Balaban J connectivity index is 2.09. The van der Waals surface area contributed by atoms with Gasteiger partial charge in [-0.15, -0.1) is 0 Å². The normalized spacial score (nSPS) is 10.7. The average molecular weight is 294 g/mol. The van der Waals surface area contributed by atoms with Gasteiger partial charge in [-0.25, -0.2) is 9.97 Å². The number of amidine groups is 1. The molecule has 104 valence electrons. The predicted octanol–water partition coefficient (Wildman–Crippen LogP) is 3.37. The van der Waals surface area contributed by atoms with Crippen LogP contribution in [-0.2, 0) is 0 Å². The van der Waals surface area contributed by atoms with Gasteiger partial charge in [0.15, 0.2) is 0 Å². The van der Waals surface area contributed by atoms with E-state index in [0.29, 0.717) is 0 Å². The number of nitrogen functional groups attached to an aromatic ring is 1. The molecular formula is C16H14N4S. The summed E-state index contributed by atoms with van der Waals surface area (Å²) in [6.07, 6.45) is 1.56. The molecule has 3 rings (SSSR count). The van der Waals surface area contributed by atoms with E-state index in [9.17, 15) is 0 Å². The van der Waals surface area contributed by atoms with Gasteiger partial charge >= 0.3 is 0 Å². The summed E-state index contributed by atoms with van der Waals surface area (Å²) in [6.45, 7) is 1.99. The zero-order chi connectivity index (χ0) is 14.8. The first kappa shape index (κ1) is 13.6. The highest BCUT2D eigenvalue weighted by molar-refractivity contribution is 7.99. The molecular weight excluding hydrogens is 280 g/mol. The summed E-state index contributed by atoms with van der Waals surface area (Å²) < 4.78 is 0. The molecule has 0 saturated carbocycles. The first-order valence-corrected chi connectivity index (χ1v) is 7.29. The number of aryl methyl sites for hydroxylation is 1. The van der Waals surface area contributed by atoms with Crippen molar-refractivity contribution in [3.63, 3.8) is 0 Å². The first-order chi connectivity index (χ1) is 10.1. The maximum atomic E-state index is 7.73. The van der Waals surface area contributed by atoms with E-state index in [4.69, 9.17) is 11.1 Å². The SMILES string of the molecule is Cc1ccc(Sc2ncnc3ccccc23)c(C(=N)N)c1. The zero-order valence-corrected chi connectivity index (χ0v) is 12.3. The lowest BCUT2D eigenvalue weighted by Gasteiger charge is -2.09. The Morgan fingerprint density at radius 3 is 2.76 bits per heavy atom. The van der Waals surface area contributed by atoms with Crippen molar-refractivity contribution in [2.45, 2.75) is 16.8 Å². The van der Waals surface area contributed by atoms with Gasteiger partial charge < -0.3 is 5.73 Å². The lowest BCUT2D eigenvalue weighted by Crippen LogP contribution is -2.12. The molecule has 3 N–H and O–H groups in total. The summed E-state index contributed by atoms with van der Waals surface area (Å²) in [5.74, 6) is 0.0690. The molecule has 1 aromatic heterocycles. The number of para-hydroxylation sites is 1. The molecule has 0 aliphatic carbocycles. The van der Waals surface area contributed by atoms with Crippen LogP contribution < -0.4 is 5.73 Å². The molecule has 2 aromatic carbocycles. The molecule has 0 unspecified atom stereocenters. The minimum Gasteiger partial charge on any atom is -0.384 e. The lowest BCUT2D eigenvalue weighted by molar-refractivity contribution is 1.10. The summed E-state index contributed by atoms with van der Waals surface area (Å²) in [6, 6.07) is 13.8. The summed E-state index contributed by atoms with van der Waals surface area (Å²) >= 11 is 1.51. The summed E-state index contributed by atoms with van der Waals surface area (Å²) in [7, 11) is 0. The molecule has 0 fully saturated rings. The summed E-state index contributed by atoms with van der Waals surface area (Å²) in [5.41, 5.74) is 8.41. The molecule has 0 bridgehead atoms. The largest absolute Gasteiger partial charge is 0.384 e. The number of nitrogens with one attached hydrogen (secondary N) is 1. The van der Waals surface area contributed by atoms with Crippen molar-refractivity contribution in [2.75, 3.05) is 0 Å². The number of rotatable bonds is 3. The van der Waals surface area contributed by atoms with E-state index in [0.717, 1.165) is 32.0 Å². The standard InChI is InChI=1S/C16H14N4S/c1-10-6-7-14(12(8-10)15(17)18)21-16-11-4-2-3-5-13(11)19-9-20-16/h2-9H,1H3,(H3,17,18). The van der Waals surface area contributed by atoms with Crippen molar-refractivity contribution in [2.24, 2.45) is 5.73 Å². The monoisotopic (exact) mass is 294 g/mol. The second-order valence-corrected chi connectivity index (χ2v) is 5.74. The molecule has 4 nitrogen and oxygen atoms in total. The fraction of sp³-hybridized carbons (Fsp3) is 0.0625. The van der Waals surface area contributed by atoms with E-state index in [1.165, 1.54) is 11.8 Å². The van der Waals surface area contributed by atoms with Crippen LogP contribution in [0.2, 0.25) is 0 Å². The van der Waals surface area contributed by atoms with Gasteiger partial charge in [0.25, 0.3) is 0 Å². The van der Waals surface area contributed by atoms with E-state index in [2.05, 4.69) is 9.97 Å². The Morgan fingerprint density at radius 2 is 1.95 bits per heavy atom.